The number of pyridine rings is 1. The lowest BCUT2D eigenvalue weighted by atomic mass is 10.2. The number of anilines is 3. The Hall–Kier alpha value is -3.22. The van der Waals surface area contributed by atoms with Crippen molar-refractivity contribution in [3.8, 4) is 0 Å². The zero-order valence-corrected chi connectivity index (χ0v) is 10.9. The summed E-state index contributed by atoms with van der Waals surface area (Å²) in [6.45, 7) is 0. The monoisotopic (exact) mass is 277 g/mol. The predicted molar refractivity (Wildman–Crippen MR) is 81.1 cm³/mol. The summed E-state index contributed by atoms with van der Waals surface area (Å²) in [6, 6.07) is 9.74. The van der Waals surface area contributed by atoms with Crippen molar-refractivity contribution in [2.45, 2.75) is 0 Å². The van der Waals surface area contributed by atoms with E-state index in [1.165, 1.54) is 0 Å². The smallest absolute Gasteiger partial charge is 0.231 e. The van der Waals surface area contributed by atoms with Crippen molar-refractivity contribution >= 4 is 39.5 Å². The third-order valence-electron chi connectivity index (χ3n) is 3.17. The van der Waals surface area contributed by atoms with Crippen LogP contribution in [0.2, 0.25) is 0 Å². The first kappa shape index (κ1) is 11.6. The first-order valence-electron chi connectivity index (χ1n) is 6.38. The molecule has 21 heavy (non-hydrogen) atoms. The molecule has 0 radical (unpaired) electrons. The highest BCUT2D eigenvalue weighted by Gasteiger charge is 2.07. The minimum Gasteiger partial charge on any atom is -0.382 e. The Morgan fingerprint density at radius 3 is 3.00 bits per heavy atom. The first-order chi connectivity index (χ1) is 10.3. The molecule has 1 aromatic carbocycles. The number of hydrogen-bond donors (Lipinski definition) is 3. The Balaban J connectivity index is 1.75. The quantitative estimate of drug-likeness (QED) is 0.519. The summed E-state index contributed by atoms with van der Waals surface area (Å²) >= 11 is 0. The number of aromatic nitrogens is 5. The van der Waals surface area contributed by atoms with Gasteiger partial charge in [0.2, 0.25) is 5.95 Å². The Labute approximate surface area is 119 Å². The van der Waals surface area contributed by atoms with E-state index in [1.807, 2.05) is 30.3 Å². The highest BCUT2D eigenvalue weighted by molar-refractivity contribution is 5.85. The van der Waals surface area contributed by atoms with Gasteiger partial charge < -0.3 is 16.0 Å². The number of hydrogen-bond acceptors (Lipinski definition) is 6. The summed E-state index contributed by atoms with van der Waals surface area (Å²) in [5.41, 5.74) is 8.85. The summed E-state index contributed by atoms with van der Waals surface area (Å²) < 4.78 is 0. The van der Waals surface area contributed by atoms with Crippen molar-refractivity contribution in [3.05, 3.63) is 42.9 Å². The number of aromatic amines is 1. The molecular formula is C14H11N7. The van der Waals surface area contributed by atoms with Gasteiger partial charge in [0.15, 0.2) is 11.5 Å². The average Bonchev–Trinajstić information content (AvgIpc) is 2.96. The molecule has 0 amide bonds. The van der Waals surface area contributed by atoms with Crippen LogP contribution >= 0.6 is 0 Å². The fraction of sp³-hybridized carbons (Fsp3) is 0. The van der Waals surface area contributed by atoms with Gasteiger partial charge in [0.25, 0.3) is 0 Å². The van der Waals surface area contributed by atoms with Gasteiger partial charge in [0.1, 0.15) is 5.52 Å². The third kappa shape index (κ3) is 2.00. The molecule has 0 aliphatic heterocycles. The van der Waals surface area contributed by atoms with E-state index in [1.54, 1.807) is 12.5 Å². The summed E-state index contributed by atoms with van der Waals surface area (Å²) in [5, 5.41) is 4.17. The molecule has 0 atom stereocenters. The number of benzene rings is 1. The highest BCUT2D eigenvalue weighted by atomic mass is 15.2. The van der Waals surface area contributed by atoms with Crippen molar-refractivity contribution in [2.24, 2.45) is 0 Å². The maximum atomic E-state index is 5.87. The van der Waals surface area contributed by atoms with E-state index < -0.39 is 0 Å². The zero-order valence-electron chi connectivity index (χ0n) is 10.9. The molecule has 102 valence electrons. The second kappa shape index (κ2) is 4.41. The van der Waals surface area contributed by atoms with Crippen LogP contribution in [0.5, 0.6) is 0 Å². The minimum absolute atomic E-state index is 0.363. The summed E-state index contributed by atoms with van der Waals surface area (Å²) in [7, 11) is 0. The van der Waals surface area contributed by atoms with E-state index in [4.69, 9.17) is 5.73 Å². The van der Waals surface area contributed by atoms with Crippen molar-refractivity contribution in [1.29, 1.82) is 0 Å². The zero-order chi connectivity index (χ0) is 14.2. The summed E-state index contributed by atoms with van der Waals surface area (Å²) in [6.07, 6.45) is 3.31. The van der Waals surface area contributed by atoms with Gasteiger partial charge in [0, 0.05) is 17.3 Å². The maximum Gasteiger partial charge on any atom is 0.231 e. The van der Waals surface area contributed by atoms with Crippen LogP contribution < -0.4 is 11.1 Å². The third-order valence-corrected chi connectivity index (χ3v) is 3.17. The van der Waals surface area contributed by atoms with E-state index in [9.17, 15) is 0 Å². The molecule has 4 aromatic rings. The molecule has 0 spiro atoms. The Morgan fingerprint density at radius 1 is 1.10 bits per heavy atom. The Bertz CT molecular complexity index is 944. The lowest BCUT2D eigenvalue weighted by Crippen LogP contribution is -2.01. The number of nitrogens with one attached hydrogen (secondary N) is 2. The number of nitrogens with zero attached hydrogens (tertiary/aromatic N) is 4. The van der Waals surface area contributed by atoms with Gasteiger partial charge in [-0.1, -0.05) is 6.07 Å². The van der Waals surface area contributed by atoms with E-state index in [2.05, 4.69) is 30.2 Å². The van der Waals surface area contributed by atoms with Crippen LogP contribution in [0.15, 0.2) is 42.9 Å². The van der Waals surface area contributed by atoms with Crippen LogP contribution in [0.1, 0.15) is 0 Å². The molecule has 0 bridgehead atoms. The van der Waals surface area contributed by atoms with Crippen LogP contribution in [0.3, 0.4) is 0 Å². The Kier molecular flexibility index (Phi) is 2.43. The van der Waals surface area contributed by atoms with Crippen LogP contribution in [-0.4, -0.2) is 24.9 Å². The SMILES string of the molecule is Nc1nc(Nc2ccc3ncccc3c2)nc2nc[nH]c12. The lowest BCUT2D eigenvalue weighted by molar-refractivity contribution is 1.20. The van der Waals surface area contributed by atoms with Crippen molar-refractivity contribution in [2.75, 3.05) is 11.1 Å². The van der Waals surface area contributed by atoms with Crippen LogP contribution in [0.25, 0.3) is 22.1 Å². The number of nitrogens with two attached hydrogens (primary N) is 1. The minimum atomic E-state index is 0.363. The molecule has 3 aromatic heterocycles. The number of H-pyrrole nitrogens is 1. The standard InChI is InChI=1S/C14H11N7/c15-12-11-13(18-7-17-11)21-14(20-12)19-9-3-4-10-8(6-9)2-1-5-16-10/h1-7H,(H4,15,17,18,19,20,21). The summed E-state index contributed by atoms with van der Waals surface area (Å²) in [4.78, 5) is 19.8. The molecule has 0 aliphatic carbocycles. The van der Waals surface area contributed by atoms with Gasteiger partial charge >= 0.3 is 0 Å². The van der Waals surface area contributed by atoms with E-state index in [-0.39, 0.29) is 0 Å². The highest BCUT2D eigenvalue weighted by Crippen LogP contribution is 2.21. The van der Waals surface area contributed by atoms with Crippen molar-refractivity contribution < 1.29 is 0 Å². The van der Waals surface area contributed by atoms with Crippen molar-refractivity contribution in [1.82, 2.24) is 24.9 Å². The molecule has 0 saturated carbocycles. The largest absolute Gasteiger partial charge is 0.382 e. The molecule has 7 nitrogen and oxygen atoms in total. The number of rotatable bonds is 2. The fourth-order valence-corrected chi connectivity index (χ4v) is 2.19. The van der Waals surface area contributed by atoms with Crippen molar-refractivity contribution in [3.63, 3.8) is 0 Å². The van der Waals surface area contributed by atoms with Gasteiger partial charge in [0.05, 0.1) is 11.8 Å². The second-order valence-electron chi connectivity index (χ2n) is 4.57. The normalized spacial score (nSPS) is 11.0. The topological polar surface area (TPSA) is 105 Å². The number of imidazole rings is 1. The van der Waals surface area contributed by atoms with E-state index >= 15 is 0 Å². The predicted octanol–water partition coefficient (Wildman–Crippen LogP) is 2.23. The summed E-state index contributed by atoms with van der Waals surface area (Å²) in [5.74, 6) is 0.776. The van der Waals surface area contributed by atoms with E-state index in [0.29, 0.717) is 22.9 Å². The molecule has 0 aliphatic rings. The average molecular weight is 277 g/mol. The molecular weight excluding hydrogens is 266 g/mol. The van der Waals surface area contributed by atoms with E-state index in [0.717, 1.165) is 16.6 Å². The fourth-order valence-electron chi connectivity index (χ4n) is 2.19. The molecule has 0 saturated heterocycles. The van der Waals surface area contributed by atoms with Gasteiger partial charge in [-0.2, -0.15) is 9.97 Å². The second-order valence-corrected chi connectivity index (χ2v) is 4.57. The molecule has 0 unspecified atom stereocenters. The lowest BCUT2D eigenvalue weighted by Gasteiger charge is -2.06. The number of nitrogen functional groups attached to an aromatic ring is 1. The van der Waals surface area contributed by atoms with Crippen LogP contribution in [-0.2, 0) is 0 Å². The molecule has 4 rings (SSSR count). The van der Waals surface area contributed by atoms with Gasteiger partial charge in [-0.15, -0.1) is 0 Å². The maximum absolute atomic E-state index is 5.87. The van der Waals surface area contributed by atoms with Gasteiger partial charge in [-0.05, 0) is 24.3 Å². The molecule has 4 N–H and O–H groups in total. The molecule has 3 heterocycles. The van der Waals surface area contributed by atoms with Crippen LogP contribution in [0, 0.1) is 0 Å². The molecule has 0 fully saturated rings. The van der Waals surface area contributed by atoms with Gasteiger partial charge in [-0.3, -0.25) is 4.98 Å². The number of fused-ring (bicyclic) bond motifs is 2. The Morgan fingerprint density at radius 2 is 2.05 bits per heavy atom. The molecule has 7 heteroatoms. The van der Waals surface area contributed by atoms with Crippen LogP contribution in [0.4, 0.5) is 17.5 Å². The first-order valence-corrected chi connectivity index (χ1v) is 6.38. The van der Waals surface area contributed by atoms with Gasteiger partial charge in [-0.25, -0.2) is 4.98 Å².